The fraction of sp³-hybridized carbons (Fsp3) is 0.533. The highest BCUT2D eigenvalue weighted by Crippen LogP contribution is 2.51. The average molecular weight is 614 g/mol. The Hall–Kier alpha value is -4.33. The first-order chi connectivity index (χ1) is 20.6. The second-order valence-corrected chi connectivity index (χ2v) is 12.4. The first kappa shape index (κ1) is 32.6. The van der Waals surface area contributed by atoms with E-state index < -0.39 is 45.7 Å². The fourth-order valence-electron chi connectivity index (χ4n) is 6.08. The number of rotatable bonds is 8. The van der Waals surface area contributed by atoms with E-state index in [1.54, 1.807) is 32.0 Å². The Bertz CT molecular complexity index is 1550. The van der Waals surface area contributed by atoms with Gasteiger partial charge in [-0.15, -0.1) is 0 Å². The number of fused-ring (bicyclic) bond motifs is 2. The summed E-state index contributed by atoms with van der Waals surface area (Å²) in [5.41, 5.74) is -2.23. The molecule has 2 bridgehead atoms. The molecule has 3 N–H and O–H groups in total. The minimum absolute atomic E-state index is 0.0177. The second kappa shape index (κ2) is 12.3. The molecular weight excluding hydrogens is 573 g/mol. The van der Waals surface area contributed by atoms with Gasteiger partial charge in [0.1, 0.15) is 17.2 Å². The van der Waals surface area contributed by atoms with Crippen molar-refractivity contribution in [1.82, 2.24) is 34.9 Å². The summed E-state index contributed by atoms with van der Waals surface area (Å²) < 4.78 is 15.0. The Labute approximate surface area is 255 Å². The summed E-state index contributed by atoms with van der Waals surface area (Å²) in [6.45, 7) is 2.08. The number of benzene rings is 1. The summed E-state index contributed by atoms with van der Waals surface area (Å²) in [5.74, 6) is -3.75. The van der Waals surface area contributed by atoms with Crippen LogP contribution in [-0.4, -0.2) is 101 Å². The number of likely N-dealkylation sites (N-methyl/N-ethyl adjacent to an activating group) is 3. The molecule has 0 saturated heterocycles. The molecule has 3 aliphatic rings. The third-order valence-corrected chi connectivity index (χ3v) is 8.74. The highest BCUT2D eigenvalue weighted by molar-refractivity contribution is 6.34. The third kappa shape index (κ3) is 6.16. The van der Waals surface area contributed by atoms with Gasteiger partial charge in [0.25, 0.3) is 11.5 Å². The highest BCUT2D eigenvalue weighted by Gasteiger charge is 2.54. The van der Waals surface area contributed by atoms with Crippen molar-refractivity contribution in [3.8, 4) is 5.75 Å². The highest BCUT2D eigenvalue weighted by atomic mass is 19.1. The predicted octanol–water partition coefficient (Wildman–Crippen LogP) is 0.320. The molecule has 0 spiro atoms. The van der Waals surface area contributed by atoms with E-state index in [1.807, 2.05) is 0 Å². The first-order valence-electron chi connectivity index (χ1n) is 14.4. The number of carbonyl (C=O) groups is 4. The second-order valence-electron chi connectivity index (χ2n) is 12.4. The van der Waals surface area contributed by atoms with Gasteiger partial charge in [-0.1, -0.05) is 12.1 Å². The first-order valence-corrected chi connectivity index (χ1v) is 14.4. The standard InChI is InChI=1S/C30H40FN7O6/c1-18-13-19(7-8-20(18)31)14-32-24(41)22-23(40)25(42)38-17-29(16-33-21(39)15-35(2)3)9-11-30(12-10-29,28(38)34-22)37(6)27(44)26(43)36(4)5/h7-8,13,40H,9-12,14-17H2,1-6H3,(H,32,41)(H,33,39). The van der Waals surface area contributed by atoms with Crippen molar-refractivity contribution in [3.05, 3.63) is 57.0 Å². The van der Waals surface area contributed by atoms with Crippen molar-refractivity contribution >= 4 is 23.6 Å². The van der Waals surface area contributed by atoms with Crippen LogP contribution in [0, 0.1) is 18.2 Å². The van der Waals surface area contributed by atoms with Crippen LogP contribution < -0.4 is 16.2 Å². The zero-order valence-corrected chi connectivity index (χ0v) is 26.0. The van der Waals surface area contributed by atoms with Crippen LogP contribution in [-0.2, 0) is 33.0 Å². The van der Waals surface area contributed by atoms with Crippen molar-refractivity contribution in [1.29, 1.82) is 0 Å². The molecule has 1 aromatic carbocycles. The molecule has 44 heavy (non-hydrogen) atoms. The van der Waals surface area contributed by atoms with Crippen molar-refractivity contribution in [3.63, 3.8) is 0 Å². The average Bonchev–Trinajstić information content (AvgIpc) is 3.21. The number of hydrogen-bond donors (Lipinski definition) is 3. The van der Waals surface area contributed by atoms with Crippen molar-refractivity contribution in [2.45, 2.75) is 51.2 Å². The number of carbonyl (C=O) groups excluding carboxylic acids is 4. The number of aryl methyl sites for hydroxylation is 1. The van der Waals surface area contributed by atoms with E-state index in [2.05, 4.69) is 15.6 Å². The van der Waals surface area contributed by atoms with Crippen molar-refractivity contribution in [2.75, 3.05) is 48.3 Å². The van der Waals surface area contributed by atoms with E-state index in [9.17, 15) is 33.5 Å². The van der Waals surface area contributed by atoms with E-state index in [-0.39, 0.29) is 43.7 Å². The van der Waals surface area contributed by atoms with E-state index >= 15 is 0 Å². The summed E-state index contributed by atoms with van der Waals surface area (Å²) in [6, 6.07) is 4.36. The topological polar surface area (TPSA) is 157 Å². The monoisotopic (exact) mass is 613 g/mol. The zero-order valence-electron chi connectivity index (χ0n) is 26.0. The number of halogens is 1. The molecule has 1 fully saturated rings. The normalized spacial score (nSPS) is 20.5. The quantitative estimate of drug-likeness (QED) is 0.360. The lowest BCUT2D eigenvalue weighted by molar-refractivity contribution is -0.155. The molecule has 0 radical (unpaired) electrons. The fourth-order valence-corrected chi connectivity index (χ4v) is 6.08. The smallest absolute Gasteiger partial charge is 0.312 e. The van der Waals surface area contributed by atoms with Crippen molar-refractivity contribution < 1.29 is 28.7 Å². The maximum atomic E-state index is 13.7. The lowest BCUT2D eigenvalue weighted by Crippen LogP contribution is -2.55. The lowest BCUT2D eigenvalue weighted by atomic mass is 9.67. The Morgan fingerprint density at radius 2 is 1.68 bits per heavy atom. The van der Waals surface area contributed by atoms with Gasteiger partial charge in [0, 0.05) is 46.2 Å². The molecule has 238 valence electrons. The maximum Gasteiger partial charge on any atom is 0.312 e. The largest absolute Gasteiger partial charge is 0.501 e. The van der Waals surface area contributed by atoms with Gasteiger partial charge >= 0.3 is 11.8 Å². The number of aromatic hydroxyl groups is 1. The summed E-state index contributed by atoms with van der Waals surface area (Å²) in [6.07, 6.45) is 1.54. The molecular formula is C30H40FN7O6. The van der Waals surface area contributed by atoms with Gasteiger partial charge in [-0.3, -0.25) is 28.5 Å². The summed E-state index contributed by atoms with van der Waals surface area (Å²) in [7, 11) is 7.95. The molecule has 4 amide bonds. The summed E-state index contributed by atoms with van der Waals surface area (Å²) in [5, 5.41) is 16.5. The minimum Gasteiger partial charge on any atom is -0.501 e. The molecule has 2 aromatic rings. The Morgan fingerprint density at radius 3 is 2.27 bits per heavy atom. The van der Waals surface area contributed by atoms with Crippen LogP contribution in [0.2, 0.25) is 0 Å². The van der Waals surface area contributed by atoms with E-state index in [0.717, 1.165) is 4.90 Å². The van der Waals surface area contributed by atoms with Gasteiger partial charge in [-0.25, -0.2) is 9.37 Å². The van der Waals surface area contributed by atoms with Gasteiger partial charge in [0.15, 0.2) is 5.69 Å². The Balaban J connectivity index is 1.76. The van der Waals surface area contributed by atoms with Gasteiger partial charge in [0.2, 0.25) is 11.7 Å². The molecule has 5 rings (SSSR count). The number of hydrogen-bond acceptors (Lipinski definition) is 8. The van der Waals surface area contributed by atoms with Gasteiger partial charge < -0.3 is 30.4 Å². The molecule has 3 heterocycles. The summed E-state index contributed by atoms with van der Waals surface area (Å²) >= 11 is 0. The van der Waals surface area contributed by atoms with E-state index in [4.69, 9.17) is 0 Å². The maximum absolute atomic E-state index is 13.7. The lowest BCUT2D eigenvalue weighted by Gasteiger charge is -2.46. The number of aromatic nitrogens is 2. The Morgan fingerprint density at radius 1 is 1.02 bits per heavy atom. The molecule has 0 atom stereocenters. The molecule has 2 aliphatic heterocycles. The van der Waals surface area contributed by atoms with Gasteiger partial charge in [0.05, 0.1) is 6.54 Å². The van der Waals surface area contributed by atoms with Crippen molar-refractivity contribution in [2.24, 2.45) is 5.41 Å². The SMILES string of the molecule is Cc1cc(CNC(=O)c2nc3n(c(=O)c2O)CC2(CNC(=O)CN(C)C)CCC3(N(C)C(=O)C(=O)N(C)C)CC2)ccc1F. The van der Waals surface area contributed by atoms with Crippen LogP contribution in [0.3, 0.4) is 0 Å². The zero-order chi connectivity index (χ0) is 32.6. The molecule has 0 unspecified atom stereocenters. The molecule has 1 aromatic heterocycles. The number of nitrogens with zero attached hydrogens (tertiary/aromatic N) is 5. The van der Waals surface area contributed by atoms with Crippen LogP contribution in [0.15, 0.2) is 23.0 Å². The molecule has 14 heteroatoms. The van der Waals surface area contributed by atoms with Crippen LogP contribution in [0.5, 0.6) is 5.75 Å². The minimum atomic E-state index is -1.24. The predicted molar refractivity (Wildman–Crippen MR) is 158 cm³/mol. The van der Waals surface area contributed by atoms with Crippen LogP contribution in [0.1, 0.15) is 53.1 Å². The Kier molecular flexibility index (Phi) is 9.14. The van der Waals surface area contributed by atoms with E-state index in [0.29, 0.717) is 36.8 Å². The number of nitrogens with one attached hydrogen (secondary N) is 2. The number of amides is 4. The molecule has 1 saturated carbocycles. The van der Waals surface area contributed by atoms with Crippen LogP contribution in [0.4, 0.5) is 4.39 Å². The molecule has 1 aliphatic carbocycles. The van der Waals surface area contributed by atoms with Crippen LogP contribution in [0.25, 0.3) is 0 Å². The van der Waals surface area contributed by atoms with Gasteiger partial charge in [-0.05, 0) is 63.9 Å². The van der Waals surface area contributed by atoms with E-state index in [1.165, 1.54) is 42.7 Å². The van der Waals surface area contributed by atoms with Crippen LogP contribution >= 0.6 is 0 Å². The molecule has 13 nitrogen and oxygen atoms in total. The summed E-state index contributed by atoms with van der Waals surface area (Å²) in [4.78, 5) is 74.4. The van der Waals surface area contributed by atoms with Gasteiger partial charge in [-0.2, -0.15) is 0 Å². The third-order valence-electron chi connectivity index (χ3n) is 8.74.